The van der Waals surface area contributed by atoms with Gasteiger partial charge < -0.3 is 14.7 Å². The van der Waals surface area contributed by atoms with E-state index < -0.39 is 5.60 Å². The van der Waals surface area contributed by atoms with Gasteiger partial charge in [0.2, 0.25) is 0 Å². The molecule has 0 aliphatic carbocycles. The predicted molar refractivity (Wildman–Crippen MR) is 63.7 cm³/mol. The number of hydrogen-bond acceptors (Lipinski definition) is 3. The number of ether oxygens (including phenoxy) is 1. The quantitative estimate of drug-likeness (QED) is 0.866. The molecule has 1 saturated heterocycles. The minimum absolute atomic E-state index is 0.234. The molecule has 0 bridgehead atoms. The summed E-state index contributed by atoms with van der Waals surface area (Å²) in [6, 6.07) is 5.04. The second-order valence-corrected chi connectivity index (χ2v) is 4.82. The van der Waals surface area contributed by atoms with Gasteiger partial charge in [0, 0.05) is 19.5 Å². The van der Waals surface area contributed by atoms with E-state index in [9.17, 15) is 9.50 Å². The van der Waals surface area contributed by atoms with Gasteiger partial charge in [-0.15, -0.1) is 0 Å². The van der Waals surface area contributed by atoms with Gasteiger partial charge in [-0.25, -0.2) is 4.39 Å². The highest BCUT2D eigenvalue weighted by Crippen LogP contribution is 2.28. The number of hydrogen-bond donors (Lipinski definition) is 1. The molecule has 94 valence electrons. The number of methoxy groups -OCH3 is 1. The molecule has 17 heavy (non-hydrogen) atoms. The summed E-state index contributed by atoms with van der Waals surface area (Å²) >= 11 is 0. The van der Waals surface area contributed by atoms with E-state index in [1.165, 1.54) is 7.11 Å². The number of halogens is 1. The Morgan fingerprint density at radius 3 is 2.88 bits per heavy atom. The number of nitrogens with zero attached hydrogens (tertiary/aromatic N) is 1. The van der Waals surface area contributed by atoms with Crippen LogP contribution in [0.25, 0.3) is 0 Å². The van der Waals surface area contributed by atoms with E-state index in [1.54, 1.807) is 18.2 Å². The van der Waals surface area contributed by atoms with Gasteiger partial charge in [-0.3, -0.25) is 0 Å². The monoisotopic (exact) mass is 239 g/mol. The Kier molecular flexibility index (Phi) is 3.35. The summed E-state index contributed by atoms with van der Waals surface area (Å²) in [5.74, 6) is -0.129. The summed E-state index contributed by atoms with van der Waals surface area (Å²) in [6.07, 6.45) is 1.01. The molecule has 0 spiro atoms. The van der Waals surface area contributed by atoms with E-state index in [-0.39, 0.29) is 11.6 Å². The average molecular weight is 239 g/mol. The number of likely N-dealkylation sites (N-methyl/N-ethyl adjacent to an activating group) is 1. The van der Waals surface area contributed by atoms with Crippen LogP contribution in [0.15, 0.2) is 18.2 Å². The molecular formula is C13H18FNO2. The maximum atomic E-state index is 13.9. The Labute approximate surface area is 101 Å². The first-order valence-electron chi connectivity index (χ1n) is 5.76. The normalized spacial score (nSPS) is 25.2. The second kappa shape index (κ2) is 4.63. The van der Waals surface area contributed by atoms with Crippen molar-refractivity contribution in [3.05, 3.63) is 29.6 Å². The van der Waals surface area contributed by atoms with Gasteiger partial charge in [0.25, 0.3) is 0 Å². The largest absolute Gasteiger partial charge is 0.494 e. The molecule has 1 atom stereocenters. The lowest BCUT2D eigenvalue weighted by atomic mass is 9.93. The SMILES string of the molecule is COc1cccc(CC2(O)CCN(C)C2)c1F. The van der Waals surface area contributed by atoms with E-state index in [2.05, 4.69) is 4.90 Å². The van der Waals surface area contributed by atoms with Gasteiger partial charge in [0.15, 0.2) is 11.6 Å². The van der Waals surface area contributed by atoms with Crippen molar-refractivity contribution < 1.29 is 14.2 Å². The molecule has 1 fully saturated rings. The summed E-state index contributed by atoms with van der Waals surface area (Å²) in [4.78, 5) is 2.05. The molecule has 1 aliphatic rings. The molecule has 0 aromatic heterocycles. The molecular weight excluding hydrogens is 221 g/mol. The maximum absolute atomic E-state index is 13.9. The summed E-state index contributed by atoms with van der Waals surface area (Å²) in [5.41, 5.74) is -0.302. The summed E-state index contributed by atoms with van der Waals surface area (Å²) in [7, 11) is 3.40. The van der Waals surface area contributed by atoms with Crippen molar-refractivity contribution in [3.63, 3.8) is 0 Å². The standard InChI is InChI=1S/C13H18FNO2/c1-15-7-6-13(16,9-15)8-10-4-3-5-11(17-2)12(10)14/h3-5,16H,6-9H2,1-2H3. The van der Waals surface area contributed by atoms with E-state index in [0.29, 0.717) is 24.9 Å². The van der Waals surface area contributed by atoms with E-state index in [1.807, 2.05) is 7.05 Å². The van der Waals surface area contributed by atoms with Crippen LogP contribution in [0.5, 0.6) is 5.75 Å². The fourth-order valence-corrected chi connectivity index (χ4v) is 2.41. The lowest BCUT2D eigenvalue weighted by molar-refractivity contribution is 0.0514. The summed E-state index contributed by atoms with van der Waals surface area (Å²) in [5, 5.41) is 10.4. The average Bonchev–Trinajstić information content (AvgIpc) is 2.62. The molecule has 0 radical (unpaired) electrons. The zero-order valence-corrected chi connectivity index (χ0v) is 10.2. The molecule has 1 heterocycles. The Hall–Kier alpha value is -1.13. The van der Waals surface area contributed by atoms with Gasteiger partial charge >= 0.3 is 0 Å². The molecule has 0 saturated carbocycles. The smallest absolute Gasteiger partial charge is 0.168 e. The molecule has 3 nitrogen and oxygen atoms in total. The number of rotatable bonds is 3. The second-order valence-electron chi connectivity index (χ2n) is 4.82. The Balaban J connectivity index is 2.19. The van der Waals surface area contributed by atoms with Crippen LogP contribution in [0.4, 0.5) is 4.39 Å². The maximum Gasteiger partial charge on any atom is 0.168 e. The van der Waals surface area contributed by atoms with Crippen molar-refractivity contribution in [1.82, 2.24) is 4.90 Å². The molecule has 1 aromatic carbocycles. The molecule has 1 unspecified atom stereocenters. The van der Waals surface area contributed by atoms with Crippen LogP contribution in [0.1, 0.15) is 12.0 Å². The van der Waals surface area contributed by atoms with Crippen LogP contribution in [-0.4, -0.2) is 42.9 Å². The van der Waals surface area contributed by atoms with Crippen molar-refractivity contribution >= 4 is 0 Å². The van der Waals surface area contributed by atoms with Crippen molar-refractivity contribution in [3.8, 4) is 5.75 Å². The molecule has 2 rings (SSSR count). The van der Waals surface area contributed by atoms with E-state index in [4.69, 9.17) is 4.74 Å². The van der Waals surface area contributed by atoms with Crippen molar-refractivity contribution in [2.45, 2.75) is 18.4 Å². The highest BCUT2D eigenvalue weighted by atomic mass is 19.1. The minimum atomic E-state index is -0.818. The van der Waals surface area contributed by atoms with Gasteiger partial charge in [0.1, 0.15) is 0 Å². The Bertz CT molecular complexity index is 410. The third-order valence-corrected chi connectivity index (χ3v) is 3.31. The van der Waals surface area contributed by atoms with Gasteiger partial charge in [-0.05, 0) is 25.1 Å². The molecule has 1 aliphatic heterocycles. The van der Waals surface area contributed by atoms with Gasteiger partial charge in [-0.1, -0.05) is 12.1 Å². The first kappa shape index (κ1) is 12.3. The first-order valence-corrected chi connectivity index (χ1v) is 5.76. The molecule has 1 aromatic rings. The predicted octanol–water partition coefficient (Wildman–Crippen LogP) is 1.44. The third-order valence-electron chi connectivity index (χ3n) is 3.31. The molecule has 1 N–H and O–H groups in total. The highest BCUT2D eigenvalue weighted by molar-refractivity contribution is 5.32. The van der Waals surface area contributed by atoms with E-state index in [0.717, 1.165) is 6.54 Å². The highest BCUT2D eigenvalue weighted by Gasteiger charge is 2.35. The van der Waals surface area contributed by atoms with Crippen LogP contribution < -0.4 is 4.74 Å². The fourth-order valence-electron chi connectivity index (χ4n) is 2.41. The van der Waals surface area contributed by atoms with Crippen molar-refractivity contribution in [2.75, 3.05) is 27.2 Å². The zero-order valence-electron chi connectivity index (χ0n) is 10.2. The van der Waals surface area contributed by atoms with Crippen LogP contribution >= 0.6 is 0 Å². The Morgan fingerprint density at radius 2 is 2.29 bits per heavy atom. The summed E-state index contributed by atoms with van der Waals surface area (Å²) < 4.78 is 18.9. The molecule has 4 heteroatoms. The van der Waals surface area contributed by atoms with Crippen LogP contribution in [0, 0.1) is 5.82 Å². The lowest BCUT2D eigenvalue weighted by Gasteiger charge is -2.23. The lowest BCUT2D eigenvalue weighted by Crippen LogP contribution is -2.34. The van der Waals surface area contributed by atoms with Crippen molar-refractivity contribution in [2.24, 2.45) is 0 Å². The van der Waals surface area contributed by atoms with Crippen LogP contribution in [-0.2, 0) is 6.42 Å². The summed E-state index contributed by atoms with van der Waals surface area (Å²) in [6.45, 7) is 1.44. The van der Waals surface area contributed by atoms with E-state index >= 15 is 0 Å². The number of benzene rings is 1. The number of β-amino-alcohol motifs (C(OH)–C–C–N with tert-alkyl or cyclic N) is 1. The van der Waals surface area contributed by atoms with Crippen LogP contribution in [0.2, 0.25) is 0 Å². The minimum Gasteiger partial charge on any atom is -0.494 e. The van der Waals surface area contributed by atoms with Gasteiger partial charge in [0.05, 0.1) is 12.7 Å². The number of aliphatic hydroxyl groups is 1. The van der Waals surface area contributed by atoms with Gasteiger partial charge in [-0.2, -0.15) is 0 Å². The van der Waals surface area contributed by atoms with Crippen molar-refractivity contribution in [1.29, 1.82) is 0 Å². The third kappa shape index (κ3) is 2.58. The fraction of sp³-hybridized carbons (Fsp3) is 0.538. The first-order chi connectivity index (χ1) is 8.04. The van der Waals surface area contributed by atoms with Crippen LogP contribution in [0.3, 0.4) is 0 Å². The topological polar surface area (TPSA) is 32.7 Å². The molecule has 0 amide bonds. The zero-order chi connectivity index (χ0) is 12.5. The Morgan fingerprint density at radius 1 is 1.53 bits per heavy atom. The number of likely N-dealkylation sites (tertiary alicyclic amines) is 1.